The van der Waals surface area contributed by atoms with E-state index in [1.165, 1.54) is 6.07 Å². The third-order valence-corrected chi connectivity index (χ3v) is 5.13. The van der Waals surface area contributed by atoms with Crippen molar-refractivity contribution in [1.82, 2.24) is 19.4 Å². The van der Waals surface area contributed by atoms with Gasteiger partial charge in [0.15, 0.2) is 0 Å². The van der Waals surface area contributed by atoms with Crippen LogP contribution in [-0.4, -0.2) is 70.7 Å². The van der Waals surface area contributed by atoms with Crippen LogP contribution in [0.5, 0.6) is 0 Å². The summed E-state index contributed by atoms with van der Waals surface area (Å²) in [5, 5.41) is 6.97. The van der Waals surface area contributed by atoms with Crippen LogP contribution in [0.2, 0.25) is 0 Å². The Morgan fingerprint density at radius 3 is 2.54 bits per heavy atom. The van der Waals surface area contributed by atoms with Crippen LogP contribution in [-0.2, 0) is 11.3 Å². The zero-order valence-corrected chi connectivity index (χ0v) is 15.4. The quantitative estimate of drug-likeness (QED) is 0.826. The summed E-state index contributed by atoms with van der Waals surface area (Å²) in [6, 6.07) is 4.56. The predicted octanol–water partition coefficient (Wildman–Crippen LogP) is 1.26. The average Bonchev–Trinajstić information content (AvgIpc) is 2.60. The fraction of sp³-hybridized carbons (Fsp3) is 0.500. The van der Waals surface area contributed by atoms with E-state index in [-0.39, 0.29) is 23.0 Å². The smallest absolute Gasteiger partial charge is 0.290 e. The lowest BCUT2D eigenvalue weighted by molar-refractivity contribution is -0.122. The largest absolute Gasteiger partial charge is 0.483 e. The first-order valence-corrected chi connectivity index (χ1v) is 8.42. The zero-order valence-electron chi connectivity index (χ0n) is 15.4. The van der Waals surface area contributed by atoms with Crippen LogP contribution in [0.3, 0.4) is 0 Å². The second-order valence-corrected chi connectivity index (χ2v) is 6.84. The van der Waals surface area contributed by atoms with E-state index in [4.69, 9.17) is 9.90 Å². The van der Waals surface area contributed by atoms with Gasteiger partial charge in [-0.15, -0.1) is 0 Å². The Kier molecular flexibility index (Phi) is 6.44. The Morgan fingerprint density at radius 2 is 1.96 bits per heavy atom. The molecule has 1 aliphatic rings. The molecule has 0 unspecified atom stereocenters. The normalized spacial score (nSPS) is 17.0. The van der Waals surface area contributed by atoms with E-state index in [9.17, 15) is 9.18 Å². The maximum Gasteiger partial charge on any atom is 0.290 e. The number of rotatable bonds is 3. The van der Waals surface area contributed by atoms with Gasteiger partial charge in [0.2, 0.25) is 0 Å². The Bertz CT molecular complexity index is 814. The van der Waals surface area contributed by atoms with Gasteiger partial charge < -0.3 is 14.9 Å². The standard InChI is InChI=1S/C17H23FN4O.CH2O2/c1-20(2)17(7-9-21(3)10-8-17)11-22-12-19-14-6-4-5-13(18)15(14)16(22)23;2-1-3/h4-6,12H,7-11H2,1-3H3;1H,(H,2,3). The molecule has 0 amide bonds. The minimum absolute atomic E-state index is 0.0804. The van der Waals surface area contributed by atoms with Gasteiger partial charge in [0.05, 0.1) is 11.8 Å². The molecule has 1 N–H and O–H groups in total. The number of carbonyl (C=O) groups is 1. The average molecular weight is 364 g/mol. The van der Waals surface area contributed by atoms with Gasteiger partial charge in [0.25, 0.3) is 12.0 Å². The first-order chi connectivity index (χ1) is 12.3. The minimum Gasteiger partial charge on any atom is -0.483 e. The molecule has 8 heteroatoms. The summed E-state index contributed by atoms with van der Waals surface area (Å²) in [6.07, 6.45) is 3.49. The first-order valence-electron chi connectivity index (χ1n) is 8.42. The van der Waals surface area contributed by atoms with Gasteiger partial charge in [0.1, 0.15) is 11.2 Å². The highest BCUT2D eigenvalue weighted by molar-refractivity contribution is 5.77. The monoisotopic (exact) mass is 364 g/mol. The van der Waals surface area contributed by atoms with E-state index < -0.39 is 5.82 Å². The van der Waals surface area contributed by atoms with Gasteiger partial charge in [-0.2, -0.15) is 0 Å². The highest BCUT2D eigenvalue weighted by Gasteiger charge is 2.36. The Morgan fingerprint density at radius 1 is 1.35 bits per heavy atom. The minimum atomic E-state index is -0.503. The van der Waals surface area contributed by atoms with Crippen molar-refractivity contribution in [3.63, 3.8) is 0 Å². The highest BCUT2D eigenvalue weighted by atomic mass is 19.1. The molecule has 1 aromatic carbocycles. The zero-order chi connectivity index (χ0) is 19.3. The second-order valence-electron chi connectivity index (χ2n) is 6.84. The molecule has 0 atom stereocenters. The van der Waals surface area contributed by atoms with Crippen molar-refractivity contribution in [3.8, 4) is 0 Å². The molecule has 0 aliphatic carbocycles. The summed E-state index contributed by atoms with van der Waals surface area (Å²) in [5.41, 5.74) is 0.0125. The molecule has 0 radical (unpaired) electrons. The van der Waals surface area contributed by atoms with Crippen molar-refractivity contribution in [3.05, 3.63) is 40.7 Å². The molecule has 0 spiro atoms. The number of fused-ring (bicyclic) bond motifs is 1. The van der Waals surface area contributed by atoms with Gasteiger partial charge in [0, 0.05) is 12.1 Å². The molecule has 2 aromatic rings. The lowest BCUT2D eigenvalue weighted by Crippen LogP contribution is -2.55. The Balaban J connectivity index is 0.000000758. The van der Waals surface area contributed by atoms with E-state index in [2.05, 4.69) is 21.8 Å². The van der Waals surface area contributed by atoms with Crippen molar-refractivity contribution in [2.75, 3.05) is 34.2 Å². The second kappa shape index (κ2) is 8.37. The summed E-state index contributed by atoms with van der Waals surface area (Å²) in [5.74, 6) is -0.503. The Labute approximate surface area is 151 Å². The molecule has 142 valence electrons. The van der Waals surface area contributed by atoms with E-state index >= 15 is 0 Å². The molecule has 1 fully saturated rings. The van der Waals surface area contributed by atoms with E-state index in [0.29, 0.717) is 12.1 Å². The maximum absolute atomic E-state index is 14.0. The van der Waals surface area contributed by atoms with Crippen molar-refractivity contribution in [2.45, 2.75) is 24.9 Å². The molecule has 1 aliphatic heterocycles. The first kappa shape index (κ1) is 20.0. The molecular formula is C18H25FN4O3. The number of hydrogen-bond acceptors (Lipinski definition) is 5. The summed E-state index contributed by atoms with van der Waals surface area (Å²) in [7, 11) is 6.20. The van der Waals surface area contributed by atoms with Crippen LogP contribution in [0, 0.1) is 5.82 Å². The summed E-state index contributed by atoms with van der Waals surface area (Å²) >= 11 is 0. The molecule has 0 bridgehead atoms. The highest BCUT2D eigenvalue weighted by Crippen LogP contribution is 2.28. The SMILES string of the molecule is CN1CCC(Cn2cnc3cccc(F)c3c2=O)(N(C)C)CC1.O=CO. The number of nitrogens with zero attached hydrogens (tertiary/aromatic N) is 4. The van der Waals surface area contributed by atoms with Gasteiger partial charge >= 0.3 is 0 Å². The summed E-state index contributed by atoms with van der Waals surface area (Å²) < 4.78 is 15.6. The van der Waals surface area contributed by atoms with Crippen LogP contribution in [0.25, 0.3) is 10.9 Å². The van der Waals surface area contributed by atoms with Crippen LogP contribution in [0.4, 0.5) is 4.39 Å². The fourth-order valence-corrected chi connectivity index (χ4v) is 3.37. The van der Waals surface area contributed by atoms with Gasteiger partial charge in [-0.3, -0.25) is 14.2 Å². The van der Waals surface area contributed by atoms with Crippen LogP contribution in [0.1, 0.15) is 12.8 Å². The van der Waals surface area contributed by atoms with Crippen molar-refractivity contribution in [2.24, 2.45) is 0 Å². The molecule has 1 aromatic heterocycles. The van der Waals surface area contributed by atoms with Crippen LogP contribution in [0.15, 0.2) is 29.3 Å². The number of halogens is 1. The number of piperidine rings is 1. The number of carboxylic acid groups (broad SMARTS) is 1. The van der Waals surface area contributed by atoms with E-state index in [1.807, 2.05) is 14.1 Å². The van der Waals surface area contributed by atoms with Crippen LogP contribution < -0.4 is 5.56 Å². The van der Waals surface area contributed by atoms with Crippen molar-refractivity contribution < 1.29 is 14.3 Å². The summed E-state index contributed by atoms with van der Waals surface area (Å²) in [4.78, 5) is 29.8. The maximum atomic E-state index is 14.0. The van der Waals surface area contributed by atoms with Gasteiger partial charge in [-0.05, 0) is 59.2 Å². The molecule has 0 saturated carbocycles. The van der Waals surface area contributed by atoms with Gasteiger partial charge in [-0.1, -0.05) is 6.07 Å². The molecule has 2 heterocycles. The number of likely N-dealkylation sites (tertiary alicyclic amines) is 1. The Hall–Kier alpha value is -2.32. The van der Waals surface area contributed by atoms with Crippen molar-refractivity contribution >= 4 is 17.4 Å². The summed E-state index contributed by atoms with van der Waals surface area (Å²) in [6.45, 7) is 2.26. The number of hydrogen-bond donors (Lipinski definition) is 1. The predicted molar refractivity (Wildman–Crippen MR) is 97.8 cm³/mol. The molecular weight excluding hydrogens is 339 g/mol. The molecule has 3 rings (SSSR count). The third-order valence-electron chi connectivity index (χ3n) is 5.13. The molecule has 26 heavy (non-hydrogen) atoms. The molecule has 1 saturated heterocycles. The lowest BCUT2D eigenvalue weighted by atomic mass is 9.86. The molecule has 7 nitrogen and oxygen atoms in total. The van der Waals surface area contributed by atoms with Gasteiger partial charge in [-0.25, -0.2) is 9.37 Å². The van der Waals surface area contributed by atoms with Crippen molar-refractivity contribution in [1.29, 1.82) is 0 Å². The fourth-order valence-electron chi connectivity index (χ4n) is 3.37. The van der Waals surface area contributed by atoms with E-state index in [0.717, 1.165) is 25.9 Å². The number of likely N-dealkylation sites (N-methyl/N-ethyl adjacent to an activating group) is 1. The topological polar surface area (TPSA) is 78.7 Å². The van der Waals surface area contributed by atoms with Crippen LogP contribution >= 0.6 is 0 Å². The lowest BCUT2D eigenvalue weighted by Gasteiger charge is -2.45. The number of aromatic nitrogens is 2. The third kappa shape index (κ3) is 4.08. The number of benzene rings is 1. The van der Waals surface area contributed by atoms with E-state index in [1.54, 1.807) is 23.0 Å².